The number of rotatable bonds is 4. The molecular weight excluding hydrogens is 250 g/mol. The molecule has 0 aliphatic rings. The molecule has 106 valence electrons. The van der Waals surface area contributed by atoms with Crippen LogP contribution >= 0.6 is 0 Å². The standard InChI is InChI=1S/C16H21N3O/c1-4-16(17,5-2)15(20)19-13-9-8-11(3)14-12(13)7-6-10-18-14/h6-10H,4-5,17H2,1-3H3,(H,19,20). The number of hydrogen-bond donors (Lipinski definition) is 2. The molecule has 0 bridgehead atoms. The van der Waals surface area contributed by atoms with E-state index < -0.39 is 5.54 Å². The van der Waals surface area contributed by atoms with Crippen LogP contribution in [0.3, 0.4) is 0 Å². The van der Waals surface area contributed by atoms with Gasteiger partial charge in [0.15, 0.2) is 0 Å². The van der Waals surface area contributed by atoms with Crippen molar-refractivity contribution in [1.29, 1.82) is 0 Å². The minimum absolute atomic E-state index is 0.142. The molecule has 0 fully saturated rings. The average molecular weight is 271 g/mol. The number of aryl methyl sites for hydroxylation is 1. The number of aromatic nitrogens is 1. The number of amides is 1. The maximum atomic E-state index is 12.4. The molecule has 0 radical (unpaired) electrons. The lowest BCUT2D eigenvalue weighted by Gasteiger charge is -2.25. The highest BCUT2D eigenvalue weighted by Gasteiger charge is 2.30. The minimum atomic E-state index is -0.820. The molecule has 0 aliphatic carbocycles. The number of carbonyl (C=O) groups is 1. The second kappa shape index (κ2) is 5.59. The van der Waals surface area contributed by atoms with Crippen molar-refractivity contribution in [2.75, 3.05) is 5.32 Å². The third-order valence-electron chi connectivity index (χ3n) is 3.93. The highest BCUT2D eigenvalue weighted by Crippen LogP contribution is 2.25. The number of benzene rings is 1. The van der Waals surface area contributed by atoms with Crippen LogP contribution in [0.2, 0.25) is 0 Å². The number of fused-ring (bicyclic) bond motifs is 1. The predicted octanol–water partition coefficient (Wildman–Crippen LogP) is 3.00. The maximum Gasteiger partial charge on any atom is 0.244 e. The monoisotopic (exact) mass is 271 g/mol. The Hall–Kier alpha value is -1.94. The van der Waals surface area contributed by atoms with Crippen LogP contribution in [0.15, 0.2) is 30.5 Å². The third kappa shape index (κ3) is 2.51. The normalized spacial score (nSPS) is 11.6. The molecule has 1 aromatic carbocycles. The van der Waals surface area contributed by atoms with Gasteiger partial charge in [0, 0.05) is 11.6 Å². The fraction of sp³-hybridized carbons (Fsp3) is 0.375. The molecule has 0 saturated heterocycles. The van der Waals surface area contributed by atoms with Crippen molar-refractivity contribution >= 4 is 22.5 Å². The number of anilines is 1. The summed E-state index contributed by atoms with van der Waals surface area (Å²) in [5, 5.41) is 3.89. The molecule has 0 spiro atoms. The molecular formula is C16H21N3O. The van der Waals surface area contributed by atoms with Crippen molar-refractivity contribution < 1.29 is 4.79 Å². The summed E-state index contributed by atoms with van der Waals surface area (Å²) in [6.07, 6.45) is 2.97. The summed E-state index contributed by atoms with van der Waals surface area (Å²) in [6, 6.07) is 7.69. The van der Waals surface area contributed by atoms with E-state index in [1.54, 1.807) is 6.20 Å². The topological polar surface area (TPSA) is 68.0 Å². The Morgan fingerprint density at radius 2 is 2.00 bits per heavy atom. The van der Waals surface area contributed by atoms with E-state index in [0.29, 0.717) is 12.8 Å². The first-order chi connectivity index (χ1) is 9.51. The molecule has 0 aliphatic heterocycles. The Kier molecular flexibility index (Phi) is 4.04. The summed E-state index contributed by atoms with van der Waals surface area (Å²) in [5.41, 5.74) is 8.07. The van der Waals surface area contributed by atoms with Crippen LogP contribution in [0.5, 0.6) is 0 Å². The van der Waals surface area contributed by atoms with Crippen LogP contribution in [0, 0.1) is 6.92 Å². The zero-order valence-electron chi connectivity index (χ0n) is 12.2. The Bertz CT molecular complexity index is 633. The molecule has 1 amide bonds. The smallest absolute Gasteiger partial charge is 0.244 e. The van der Waals surface area contributed by atoms with Crippen LogP contribution in [0.25, 0.3) is 10.9 Å². The van der Waals surface area contributed by atoms with Crippen LogP contribution in [-0.2, 0) is 4.79 Å². The van der Waals surface area contributed by atoms with E-state index in [1.165, 1.54) is 0 Å². The first-order valence-electron chi connectivity index (χ1n) is 6.96. The second-order valence-corrected chi connectivity index (χ2v) is 5.15. The molecule has 0 atom stereocenters. The Balaban J connectivity index is 2.40. The second-order valence-electron chi connectivity index (χ2n) is 5.15. The average Bonchev–Trinajstić information content (AvgIpc) is 2.49. The van der Waals surface area contributed by atoms with Crippen LogP contribution in [0.1, 0.15) is 32.3 Å². The first-order valence-corrected chi connectivity index (χ1v) is 6.96. The van der Waals surface area contributed by atoms with E-state index in [9.17, 15) is 4.79 Å². The van der Waals surface area contributed by atoms with Gasteiger partial charge in [-0.15, -0.1) is 0 Å². The largest absolute Gasteiger partial charge is 0.324 e. The molecule has 2 aromatic rings. The van der Waals surface area contributed by atoms with E-state index in [0.717, 1.165) is 22.2 Å². The van der Waals surface area contributed by atoms with Crippen molar-refractivity contribution in [1.82, 2.24) is 4.98 Å². The molecule has 1 heterocycles. The fourth-order valence-electron chi connectivity index (χ4n) is 2.24. The lowest BCUT2D eigenvalue weighted by atomic mass is 9.93. The summed E-state index contributed by atoms with van der Waals surface area (Å²) in [6.45, 7) is 5.86. The minimum Gasteiger partial charge on any atom is -0.324 e. The van der Waals surface area contributed by atoms with Crippen molar-refractivity contribution in [3.8, 4) is 0 Å². The van der Waals surface area contributed by atoms with E-state index in [1.807, 2.05) is 45.0 Å². The lowest BCUT2D eigenvalue weighted by Crippen LogP contribution is -2.50. The van der Waals surface area contributed by atoms with E-state index in [2.05, 4.69) is 10.3 Å². The number of nitrogens with two attached hydrogens (primary N) is 1. The maximum absolute atomic E-state index is 12.4. The van der Waals surface area contributed by atoms with Gasteiger partial charge in [-0.05, 0) is 43.5 Å². The molecule has 1 aromatic heterocycles. The molecule has 0 unspecified atom stereocenters. The van der Waals surface area contributed by atoms with Crippen LogP contribution < -0.4 is 11.1 Å². The van der Waals surface area contributed by atoms with Gasteiger partial charge < -0.3 is 11.1 Å². The number of hydrogen-bond acceptors (Lipinski definition) is 3. The summed E-state index contributed by atoms with van der Waals surface area (Å²) in [5.74, 6) is -0.142. The van der Waals surface area contributed by atoms with E-state index >= 15 is 0 Å². The van der Waals surface area contributed by atoms with Gasteiger partial charge in [0.1, 0.15) is 0 Å². The fourth-order valence-corrected chi connectivity index (χ4v) is 2.24. The molecule has 0 saturated carbocycles. The van der Waals surface area contributed by atoms with Crippen molar-refractivity contribution in [3.63, 3.8) is 0 Å². The van der Waals surface area contributed by atoms with Crippen molar-refractivity contribution in [3.05, 3.63) is 36.0 Å². The third-order valence-corrected chi connectivity index (χ3v) is 3.93. The van der Waals surface area contributed by atoms with Gasteiger partial charge in [-0.3, -0.25) is 9.78 Å². The zero-order valence-corrected chi connectivity index (χ0v) is 12.2. The van der Waals surface area contributed by atoms with Gasteiger partial charge in [-0.1, -0.05) is 19.9 Å². The molecule has 4 nitrogen and oxygen atoms in total. The summed E-state index contributed by atoms with van der Waals surface area (Å²) in [4.78, 5) is 16.7. The van der Waals surface area contributed by atoms with Crippen LogP contribution in [0.4, 0.5) is 5.69 Å². The Morgan fingerprint density at radius 1 is 1.30 bits per heavy atom. The number of pyridine rings is 1. The molecule has 20 heavy (non-hydrogen) atoms. The first kappa shape index (κ1) is 14.5. The highest BCUT2D eigenvalue weighted by molar-refractivity contribution is 6.05. The van der Waals surface area contributed by atoms with Gasteiger partial charge in [0.2, 0.25) is 5.91 Å². The van der Waals surface area contributed by atoms with Gasteiger partial charge in [0.25, 0.3) is 0 Å². The molecule has 3 N–H and O–H groups in total. The highest BCUT2D eigenvalue weighted by atomic mass is 16.2. The quantitative estimate of drug-likeness (QED) is 0.898. The van der Waals surface area contributed by atoms with Crippen LogP contribution in [-0.4, -0.2) is 16.4 Å². The van der Waals surface area contributed by atoms with Crippen molar-refractivity contribution in [2.45, 2.75) is 39.2 Å². The number of nitrogens with one attached hydrogen (secondary N) is 1. The predicted molar refractivity (Wildman–Crippen MR) is 82.6 cm³/mol. The number of nitrogens with zero attached hydrogens (tertiary/aromatic N) is 1. The van der Waals surface area contributed by atoms with Gasteiger partial charge in [0.05, 0.1) is 16.7 Å². The van der Waals surface area contributed by atoms with Gasteiger partial charge >= 0.3 is 0 Å². The Labute approximate surface area is 119 Å². The molecule has 2 rings (SSSR count). The Morgan fingerprint density at radius 3 is 2.65 bits per heavy atom. The van der Waals surface area contributed by atoms with E-state index in [-0.39, 0.29) is 5.91 Å². The summed E-state index contributed by atoms with van der Waals surface area (Å²) >= 11 is 0. The summed E-state index contributed by atoms with van der Waals surface area (Å²) in [7, 11) is 0. The van der Waals surface area contributed by atoms with Crippen molar-refractivity contribution in [2.24, 2.45) is 5.73 Å². The van der Waals surface area contributed by atoms with Gasteiger partial charge in [-0.2, -0.15) is 0 Å². The number of carbonyl (C=O) groups excluding carboxylic acids is 1. The summed E-state index contributed by atoms with van der Waals surface area (Å²) < 4.78 is 0. The zero-order chi connectivity index (χ0) is 14.8. The van der Waals surface area contributed by atoms with Gasteiger partial charge in [-0.25, -0.2) is 0 Å². The van der Waals surface area contributed by atoms with E-state index in [4.69, 9.17) is 5.73 Å². The lowest BCUT2D eigenvalue weighted by molar-refractivity contribution is -0.121. The SMILES string of the molecule is CCC(N)(CC)C(=O)Nc1ccc(C)c2ncccc12. The molecule has 4 heteroatoms.